The Morgan fingerprint density at radius 1 is 1.22 bits per heavy atom. The normalized spacial score (nSPS) is 16.4. The molecular formula is C19H29BrO3. The summed E-state index contributed by atoms with van der Waals surface area (Å²) in [6, 6.07) is 9.79. The largest absolute Gasteiger partial charge is 0.465 e. The molecule has 1 aromatic rings. The predicted molar refractivity (Wildman–Crippen MR) is 97.9 cm³/mol. The van der Waals surface area contributed by atoms with Gasteiger partial charge >= 0.3 is 5.97 Å². The van der Waals surface area contributed by atoms with Crippen molar-refractivity contribution in [1.29, 1.82) is 0 Å². The van der Waals surface area contributed by atoms with E-state index in [1.807, 2.05) is 37.3 Å². The molecule has 0 amide bonds. The summed E-state index contributed by atoms with van der Waals surface area (Å²) in [7, 11) is 0. The summed E-state index contributed by atoms with van der Waals surface area (Å²) in [4.78, 5) is 12.5. The van der Waals surface area contributed by atoms with E-state index in [0.29, 0.717) is 13.0 Å². The van der Waals surface area contributed by atoms with Gasteiger partial charge in [0.15, 0.2) is 0 Å². The number of carbonyl (C=O) groups is 1. The number of rotatable bonds is 10. The van der Waals surface area contributed by atoms with Crippen LogP contribution in [-0.2, 0) is 9.53 Å². The molecule has 1 N–H and O–H groups in total. The molecule has 0 aliphatic rings. The predicted octanol–water partition coefficient (Wildman–Crippen LogP) is 4.82. The SMILES string of the molecule is CCCCCCC(Br)(C(=O)OCC)C(O)C(C)c1ccccc1. The van der Waals surface area contributed by atoms with Crippen LogP contribution in [0, 0.1) is 0 Å². The molecule has 3 nitrogen and oxygen atoms in total. The first kappa shape index (κ1) is 20.2. The van der Waals surface area contributed by atoms with E-state index in [2.05, 4.69) is 22.9 Å². The molecular weight excluding hydrogens is 356 g/mol. The van der Waals surface area contributed by atoms with Crippen LogP contribution in [0.5, 0.6) is 0 Å². The van der Waals surface area contributed by atoms with Crippen molar-refractivity contribution in [2.45, 2.75) is 69.2 Å². The van der Waals surface area contributed by atoms with Gasteiger partial charge in [0.1, 0.15) is 4.32 Å². The van der Waals surface area contributed by atoms with Gasteiger partial charge in [-0.2, -0.15) is 0 Å². The van der Waals surface area contributed by atoms with Gasteiger partial charge in [-0.1, -0.05) is 85.8 Å². The number of esters is 1. The molecule has 3 unspecified atom stereocenters. The summed E-state index contributed by atoms with van der Waals surface area (Å²) in [5.41, 5.74) is 1.02. The van der Waals surface area contributed by atoms with E-state index in [1.165, 1.54) is 0 Å². The van der Waals surface area contributed by atoms with Crippen LogP contribution in [0.3, 0.4) is 0 Å². The highest BCUT2D eigenvalue weighted by Crippen LogP contribution is 2.38. The van der Waals surface area contributed by atoms with Gasteiger partial charge in [0.05, 0.1) is 12.7 Å². The van der Waals surface area contributed by atoms with Crippen molar-refractivity contribution in [3.05, 3.63) is 35.9 Å². The van der Waals surface area contributed by atoms with Gasteiger partial charge in [-0.25, -0.2) is 0 Å². The second-order valence-corrected chi connectivity index (χ2v) is 7.45. The summed E-state index contributed by atoms with van der Waals surface area (Å²) in [5, 5.41) is 10.9. The molecule has 0 saturated carbocycles. The van der Waals surface area contributed by atoms with Gasteiger partial charge in [0.2, 0.25) is 0 Å². The van der Waals surface area contributed by atoms with E-state index in [-0.39, 0.29) is 11.9 Å². The van der Waals surface area contributed by atoms with Gasteiger partial charge in [0, 0.05) is 5.92 Å². The van der Waals surface area contributed by atoms with Crippen molar-refractivity contribution in [2.75, 3.05) is 6.61 Å². The lowest BCUT2D eigenvalue weighted by Crippen LogP contribution is -2.47. The van der Waals surface area contributed by atoms with Crippen LogP contribution < -0.4 is 0 Å². The molecule has 0 aliphatic heterocycles. The van der Waals surface area contributed by atoms with E-state index in [4.69, 9.17) is 4.74 Å². The monoisotopic (exact) mass is 384 g/mol. The van der Waals surface area contributed by atoms with Gasteiger partial charge in [-0.05, 0) is 18.9 Å². The Labute approximate surface area is 148 Å². The maximum Gasteiger partial charge on any atom is 0.325 e. The van der Waals surface area contributed by atoms with Crippen molar-refractivity contribution in [1.82, 2.24) is 0 Å². The van der Waals surface area contributed by atoms with Crippen LogP contribution >= 0.6 is 15.9 Å². The third kappa shape index (κ3) is 5.61. The summed E-state index contributed by atoms with van der Waals surface area (Å²) >= 11 is 3.54. The lowest BCUT2D eigenvalue weighted by atomic mass is 9.84. The number of ether oxygens (including phenoxy) is 1. The molecule has 0 fully saturated rings. The topological polar surface area (TPSA) is 46.5 Å². The first-order valence-electron chi connectivity index (χ1n) is 8.56. The second kappa shape index (κ2) is 10.1. The number of hydrogen-bond acceptors (Lipinski definition) is 3. The first-order chi connectivity index (χ1) is 11.0. The van der Waals surface area contributed by atoms with Crippen molar-refractivity contribution < 1.29 is 14.6 Å². The van der Waals surface area contributed by atoms with E-state index < -0.39 is 10.4 Å². The summed E-state index contributed by atoms with van der Waals surface area (Å²) in [6.45, 7) is 6.20. The van der Waals surface area contributed by atoms with Crippen LogP contribution in [0.4, 0.5) is 0 Å². The molecule has 0 aromatic heterocycles. The van der Waals surface area contributed by atoms with Gasteiger partial charge in [0.25, 0.3) is 0 Å². The van der Waals surface area contributed by atoms with Crippen LogP contribution in [0.15, 0.2) is 30.3 Å². The fourth-order valence-electron chi connectivity index (χ4n) is 2.77. The minimum atomic E-state index is -1.05. The minimum absolute atomic E-state index is 0.161. The lowest BCUT2D eigenvalue weighted by Gasteiger charge is -2.34. The van der Waals surface area contributed by atoms with Crippen molar-refractivity contribution in [2.24, 2.45) is 0 Å². The zero-order valence-corrected chi connectivity index (χ0v) is 16.0. The summed E-state index contributed by atoms with van der Waals surface area (Å²) in [5.74, 6) is -0.530. The Hall–Kier alpha value is -0.870. The highest BCUT2D eigenvalue weighted by molar-refractivity contribution is 9.10. The summed E-state index contributed by atoms with van der Waals surface area (Å²) < 4.78 is 4.18. The second-order valence-electron chi connectivity index (χ2n) is 6.04. The van der Waals surface area contributed by atoms with Crippen molar-refractivity contribution in [3.63, 3.8) is 0 Å². The number of alkyl halides is 1. The third-order valence-electron chi connectivity index (χ3n) is 4.28. The fraction of sp³-hybridized carbons (Fsp3) is 0.632. The number of hydrogen-bond donors (Lipinski definition) is 1. The molecule has 3 atom stereocenters. The molecule has 0 saturated heterocycles. The lowest BCUT2D eigenvalue weighted by molar-refractivity contribution is -0.149. The molecule has 4 heteroatoms. The van der Waals surface area contributed by atoms with Gasteiger partial charge in [-0.3, -0.25) is 4.79 Å². The van der Waals surface area contributed by atoms with Crippen molar-refractivity contribution >= 4 is 21.9 Å². The Bertz CT molecular complexity index is 463. The number of halogens is 1. The molecule has 0 bridgehead atoms. The Balaban J connectivity index is 2.90. The first-order valence-corrected chi connectivity index (χ1v) is 9.35. The molecule has 1 rings (SSSR count). The quantitative estimate of drug-likeness (QED) is 0.357. The Kier molecular flexibility index (Phi) is 8.85. The molecule has 0 radical (unpaired) electrons. The number of aliphatic hydroxyl groups excluding tert-OH is 1. The minimum Gasteiger partial charge on any atom is -0.465 e. The molecule has 0 spiro atoms. The average Bonchev–Trinajstić information content (AvgIpc) is 2.58. The number of benzene rings is 1. The molecule has 0 heterocycles. The smallest absolute Gasteiger partial charge is 0.325 e. The maximum absolute atomic E-state index is 12.5. The average molecular weight is 385 g/mol. The number of unbranched alkanes of at least 4 members (excludes halogenated alkanes) is 3. The highest BCUT2D eigenvalue weighted by atomic mass is 79.9. The molecule has 23 heavy (non-hydrogen) atoms. The third-order valence-corrected chi connectivity index (χ3v) is 5.47. The van der Waals surface area contributed by atoms with Gasteiger partial charge in [-0.15, -0.1) is 0 Å². The van der Waals surface area contributed by atoms with Crippen LogP contribution in [-0.4, -0.2) is 28.1 Å². The van der Waals surface area contributed by atoms with E-state index >= 15 is 0 Å². The van der Waals surface area contributed by atoms with Crippen LogP contribution in [0.2, 0.25) is 0 Å². The molecule has 130 valence electrons. The molecule has 1 aromatic carbocycles. The zero-order chi connectivity index (χ0) is 17.3. The van der Waals surface area contributed by atoms with E-state index in [9.17, 15) is 9.90 Å². The Morgan fingerprint density at radius 2 is 1.87 bits per heavy atom. The standard InChI is InChI=1S/C19H29BrO3/c1-4-6-7-11-14-19(20,18(22)23-5-2)17(21)15(3)16-12-9-8-10-13-16/h8-10,12-13,15,17,21H,4-7,11,14H2,1-3H3. The van der Waals surface area contributed by atoms with Crippen LogP contribution in [0.25, 0.3) is 0 Å². The summed E-state index contributed by atoms with van der Waals surface area (Å²) in [6.07, 6.45) is 3.94. The zero-order valence-electron chi connectivity index (χ0n) is 14.4. The number of carbonyl (C=O) groups excluding carboxylic acids is 1. The van der Waals surface area contributed by atoms with Crippen LogP contribution in [0.1, 0.15) is 64.4 Å². The van der Waals surface area contributed by atoms with E-state index in [0.717, 1.165) is 31.2 Å². The number of aliphatic hydroxyl groups is 1. The van der Waals surface area contributed by atoms with E-state index in [1.54, 1.807) is 6.92 Å². The maximum atomic E-state index is 12.5. The Morgan fingerprint density at radius 3 is 2.43 bits per heavy atom. The highest BCUT2D eigenvalue weighted by Gasteiger charge is 2.46. The van der Waals surface area contributed by atoms with Crippen molar-refractivity contribution in [3.8, 4) is 0 Å². The van der Waals surface area contributed by atoms with Gasteiger partial charge < -0.3 is 9.84 Å². The molecule has 0 aliphatic carbocycles. The fourth-order valence-corrected chi connectivity index (χ4v) is 3.56.